The van der Waals surface area contributed by atoms with Gasteiger partial charge in [0.15, 0.2) is 0 Å². The van der Waals surface area contributed by atoms with Crippen LogP contribution in [0.1, 0.15) is 45.7 Å². The fraction of sp³-hybridized carbons (Fsp3) is 0.526. The average molecular weight is 360 g/mol. The number of nitrogens with one attached hydrogen (secondary N) is 1. The van der Waals surface area contributed by atoms with Gasteiger partial charge in [-0.2, -0.15) is 0 Å². The van der Waals surface area contributed by atoms with Crippen LogP contribution in [0.2, 0.25) is 0 Å². The van der Waals surface area contributed by atoms with Crippen molar-refractivity contribution < 1.29 is 18.7 Å². The second-order valence-corrected chi connectivity index (χ2v) is 7.95. The van der Waals surface area contributed by atoms with Crippen LogP contribution in [0.25, 0.3) is 5.69 Å². The van der Waals surface area contributed by atoms with Gasteiger partial charge >= 0.3 is 11.3 Å². The molecule has 0 aliphatic heterocycles. The summed E-state index contributed by atoms with van der Waals surface area (Å²) in [6.07, 6.45) is 2.41. The Kier molecular flexibility index (Phi) is 4.89. The number of methoxy groups -OCH3 is 1. The van der Waals surface area contributed by atoms with Gasteiger partial charge in [0.05, 0.1) is 7.11 Å². The minimum atomic E-state index is -0.463. The van der Waals surface area contributed by atoms with Crippen LogP contribution in [0, 0.1) is 5.41 Å². The molecule has 7 nitrogen and oxygen atoms in total. The molecule has 0 spiro atoms. The number of carbonyl (C=O) groups is 1. The number of nitrogens with zero attached hydrogens (tertiary/aromatic N) is 2. The summed E-state index contributed by atoms with van der Waals surface area (Å²) in [6.45, 7) is 6.35. The fourth-order valence-corrected chi connectivity index (χ4v) is 2.89. The van der Waals surface area contributed by atoms with Gasteiger partial charge in [0, 0.05) is 24.6 Å². The summed E-state index contributed by atoms with van der Waals surface area (Å²) in [4.78, 5) is 26.8. The Morgan fingerprint density at radius 3 is 2.50 bits per heavy atom. The number of hydrogen-bond acceptors (Lipinski definition) is 4. The van der Waals surface area contributed by atoms with Gasteiger partial charge in [-0.25, -0.2) is 4.79 Å². The second-order valence-electron chi connectivity index (χ2n) is 7.95. The Morgan fingerprint density at radius 1 is 1.31 bits per heavy atom. The molecular formula is C19H26N3O4+. The van der Waals surface area contributed by atoms with Crippen LogP contribution in [0.5, 0.6) is 5.75 Å². The maximum Gasteiger partial charge on any atom is 0.432 e. The monoisotopic (exact) mass is 360 g/mol. The standard InChI is InChI=1S/C19H25N3O4/c1-19(2,3)11-17(23)21(13-5-6-13)12-16-18(24)26-20-22(16)14-7-9-15(25-4)10-8-14/h7-10,13H,5-6,11-12H2,1-4H3/p+1. The summed E-state index contributed by atoms with van der Waals surface area (Å²) in [7, 11) is 1.60. The van der Waals surface area contributed by atoms with Gasteiger partial charge in [0.2, 0.25) is 11.6 Å². The van der Waals surface area contributed by atoms with Crippen LogP contribution >= 0.6 is 0 Å². The van der Waals surface area contributed by atoms with Crippen LogP contribution in [-0.2, 0) is 11.3 Å². The minimum Gasteiger partial charge on any atom is -0.497 e. The van der Waals surface area contributed by atoms with Crippen LogP contribution < -0.4 is 15.0 Å². The molecule has 0 saturated heterocycles. The zero-order valence-electron chi connectivity index (χ0n) is 15.7. The third-order valence-corrected chi connectivity index (χ3v) is 4.38. The molecule has 26 heavy (non-hydrogen) atoms. The van der Waals surface area contributed by atoms with Crippen molar-refractivity contribution in [3.8, 4) is 11.4 Å². The number of hydrogen-bond donors (Lipinski definition) is 1. The second kappa shape index (κ2) is 6.97. The van der Waals surface area contributed by atoms with E-state index in [1.54, 1.807) is 23.9 Å². The van der Waals surface area contributed by atoms with Gasteiger partial charge in [0.1, 0.15) is 12.3 Å². The molecule has 1 heterocycles. The maximum atomic E-state index is 12.8. The highest BCUT2D eigenvalue weighted by molar-refractivity contribution is 5.77. The Labute approximate surface area is 152 Å². The zero-order valence-corrected chi connectivity index (χ0v) is 15.7. The lowest BCUT2D eigenvalue weighted by molar-refractivity contribution is -0.678. The third-order valence-electron chi connectivity index (χ3n) is 4.38. The smallest absolute Gasteiger partial charge is 0.432 e. The molecule has 0 bridgehead atoms. The molecule has 3 rings (SSSR count). The van der Waals surface area contributed by atoms with Crippen molar-refractivity contribution in [2.45, 2.75) is 52.6 Å². The molecule has 0 radical (unpaired) electrons. The Balaban J connectivity index is 1.87. The van der Waals surface area contributed by atoms with Gasteiger partial charge in [-0.15, -0.1) is 0 Å². The predicted molar refractivity (Wildman–Crippen MR) is 95.1 cm³/mol. The number of carbonyl (C=O) groups excluding carboxylic acids is 1. The Morgan fingerprint density at radius 2 is 1.96 bits per heavy atom. The minimum absolute atomic E-state index is 0.0712. The lowest BCUT2D eigenvalue weighted by Crippen LogP contribution is -2.44. The summed E-state index contributed by atoms with van der Waals surface area (Å²) in [5.41, 5.74) is 0.587. The van der Waals surface area contributed by atoms with E-state index in [1.807, 2.05) is 37.8 Å². The molecule has 1 N–H and O–H groups in total. The van der Waals surface area contributed by atoms with Crippen molar-refractivity contribution in [2.24, 2.45) is 5.41 Å². The molecule has 1 aromatic carbocycles. The SMILES string of the molecule is COc1ccc(-[n+]2[nH]oc(=O)c2CN(C(=O)CC(C)(C)C)C2CC2)cc1. The number of H-pyrrole nitrogens is 1. The number of rotatable bonds is 6. The first kappa shape index (κ1) is 18.2. The van der Waals surface area contributed by atoms with E-state index in [1.165, 1.54) is 0 Å². The molecular weight excluding hydrogens is 334 g/mol. The van der Waals surface area contributed by atoms with Crippen molar-refractivity contribution in [3.63, 3.8) is 0 Å². The molecule has 140 valence electrons. The molecule has 0 atom stereocenters. The van der Waals surface area contributed by atoms with E-state index >= 15 is 0 Å². The molecule has 1 aliphatic rings. The molecule has 2 aromatic rings. The number of aromatic nitrogens is 2. The first-order valence-corrected chi connectivity index (χ1v) is 8.85. The lowest BCUT2D eigenvalue weighted by Gasteiger charge is -2.25. The van der Waals surface area contributed by atoms with Gasteiger partial charge in [-0.05, 0) is 40.3 Å². The molecule has 1 saturated carbocycles. The number of aromatic amines is 1. The average Bonchev–Trinajstić information content (AvgIpc) is 3.35. The Hall–Kier alpha value is -2.57. The first-order valence-electron chi connectivity index (χ1n) is 8.85. The first-order chi connectivity index (χ1) is 12.3. The quantitative estimate of drug-likeness (QED) is 0.801. The zero-order chi connectivity index (χ0) is 18.9. The van der Waals surface area contributed by atoms with E-state index < -0.39 is 5.63 Å². The van der Waals surface area contributed by atoms with E-state index in [9.17, 15) is 9.59 Å². The van der Waals surface area contributed by atoms with E-state index in [0.29, 0.717) is 12.1 Å². The van der Waals surface area contributed by atoms with E-state index in [2.05, 4.69) is 5.27 Å². The lowest BCUT2D eigenvalue weighted by atomic mass is 9.91. The molecule has 1 aliphatic carbocycles. The number of amides is 1. The van der Waals surface area contributed by atoms with Crippen molar-refractivity contribution in [3.05, 3.63) is 40.4 Å². The molecule has 1 aromatic heterocycles. The predicted octanol–water partition coefficient (Wildman–Crippen LogP) is 2.18. The number of benzene rings is 1. The van der Waals surface area contributed by atoms with Crippen molar-refractivity contribution in [1.29, 1.82) is 0 Å². The van der Waals surface area contributed by atoms with Gasteiger partial charge < -0.3 is 9.64 Å². The largest absolute Gasteiger partial charge is 0.497 e. The van der Waals surface area contributed by atoms with Gasteiger partial charge in [0.25, 0.3) is 0 Å². The van der Waals surface area contributed by atoms with Crippen LogP contribution in [-0.4, -0.2) is 29.2 Å². The van der Waals surface area contributed by atoms with E-state index in [0.717, 1.165) is 24.3 Å². The summed E-state index contributed by atoms with van der Waals surface area (Å²) in [6, 6.07) is 7.48. The highest BCUT2D eigenvalue weighted by atomic mass is 16.5. The topological polar surface area (TPSA) is 79.4 Å². The normalized spacial score (nSPS) is 14.3. The molecule has 0 unspecified atom stereocenters. The van der Waals surface area contributed by atoms with Crippen molar-refractivity contribution in [1.82, 2.24) is 10.2 Å². The number of ether oxygens (including phenoxy) is 1. The molecule has 7 heteroatoms. The van der Waals surface area contributed by atoms with E-state index in [4.69, 9.17) is 9.26 Å². The maximum absolute atomic E-state index is 12.8. The Bertz CT molecular complexity index is 826. The van der Waals surface area contributed by atoms with Crippen molar-refractivity contribution >= 4 is 5.91 Å². The van der Waals surface area contributed by atoms with E-state index in [-0.39, 0.29) is 23.9 Å². The third kappa shape index (κ3) is 4.15. The van der Waals surface area contributed by atoms with Gasteiger partial charge in [-0.3, -0.25) is 9.32 Å². The van der Waals surface area contributed by atoms with Crippen LogP contribution in [0.15, 0.2) is 33.6 Å². The summed E-state index contributed by atoms with van der Waals surface area (Å²) < 4.78 is 11.8. The van der Waals surface area contributed by atoms with Crippen LogP contribution in [0.3, 0.4) is 0 Å². The highest BCUT2D eigenvalue weighted by Gasteiger charge is 2.37. The highest BCUT2D eigenvalue weighted by Crippen LogP contribution is 2.30. The van der Waals surface area contributed by atoms with Crippen molar-refractivity contribution in [2.75, 3.05) is 7.11 Å². The fourth-order valence-electron chi connectivity index (χ4n) is 2.89. The summed E-state index contributed by atoms with van der Waals surface area (Å²) in [5, 5.41) is 2.63. The molecule has 1 amide bonds. The van der Waals surface area contributed by atoms with Crippen LogP contribution in [0.4, 0.5) is 0 Å². The molecule has 1 fully saturated rings. The van der Waals surface area contributed by atoms with Gasteiger partial charge in [-0.1, -0.05) is 20.8 Å². The summed E-state index contributed by atoms with van der Waals surface area (Å²) >= 11 is 0. The summed E-state index contributed by atoms with van der Waals surface area (Å²) in [5.74, 6) is 0.795.